The van der Waals surface area contributed by atoms with Crippen molar-refractivity contribution in [3.05, 3.63) is 70.1 Å². The summed E-state index contributed by atoms with van der Waals surface area (Å²) in [6.07, 6.45) is 0. The monoisotopic (exact) mass is 312 g/mol. The van der Waals surface area contributed by atoms with Crippen LogP contribution in [0.5, 0.6) is 11.5 Å². The van der Waals surface area contributed by atoms with Gasteiger partial charge in [-0.1, -0.05) is 29.8 Å². The van der Waals surface area contributed by atoms with Crippen LogP contribution in [-0.4, -0.2) is 7.11 Å². The van der Waals surface area contributed by atoms with Crippen molar-refractivity contribution in [1.29, 1.82) is 5.26 Å². The molecule has 0 amide bonds. The largest absolute Gasteiger partial charge is 0.497 e. The lowest BCUT2D eigenvalue weighted by Gasteiger charge is -2.26. The third kappa shape index (κ3) is 2.36. The molecule has 5 heteroatoms. The summed E-state index contributed by atoms with van der Waals surface area (Å²) < 4.78 is 10.8. The number of hydrogen-bond donors (Lipinski definition) is 1. The molecule has 4 nitrogen and oxygen atoms in total. The lowest BCUT2D eigenvalue weighted by atomic mass is 9.83. The summed E-state index contributed by atoms with van der Waals surface area (Å²) >= 11 is 6.08. The molecular weight excluding hydrogens is 300 g/mol. The quantitative estimate of drug-likeness (QED) is 0.920. The van der Waals surface area contributed by atoms with E-state index in [1.165, 1.54) is 0 Å². The number of nitrogens with two attached hydrogens (primary N) is 1. The second-order valence-corrected chi connectivity index (χ2v) is 5.32. The number of nitriles is 1. The highest BCUT2D eigenvalue weighted by atomic mass is 35.5. The van der Waals surface area contributed by atoms with Gasteiger partial charge in [0.15, 0.2) is 0 Å². The van der Waals surface area contributed by atoms with Crippen LogP contribution in [0.3, 0.4) is 0 Å². The van der Waals surface area contributed by atoms with Gasteiger partial charge in [0, 0.05) is 16.7 Å². The van der Waals surface area contributed by atoms with Gasteiger partial charge in [-0.25, -0.2) is 0 Å². The number of allylic oxidation sites excluding steroid dienone is 1. The fraction of sp³-hybridized carbons (Fsp3) is 0.118. The zero-order valence-corrected chi connectivity index (χ0v) is 12.6. The second kappa shape index (κ2) is 5.63. The molecule has 0 bridgehead atoms. The van der Waals surface area contributed by atoms with E-state index in [0.29, 0.717) is 22.1 Å². The lowest BCUT2D eigenvalue weighted by molar-refractivity contribution is 0.381. The van der Waals surface area contributed by atoms with Gasteiger partial charge < -0.3 is 15.2 Å². The fourth-order valence-corrected chi connectivity index (χ4v) is 2.79. The Morgan fingerprint density at radius 3 is 2.77 bits per heavy atom. The maximum atomic E-state index is 9.46. The SMILES string of the molecule is COc1ccc2c(c1)OC(N)=C(C#N)[C@@H]2c1cccc(Cl)c1. The van der Waals surface area contributed by atoms with Gasteiger partial charge in [0.1, 0.15) is 23.1 Å². The maximum Gasteiger partial charge on any atom is 0.205 e. The van der Waals surface area contributed by atoms with Crippen LogP contribution in [0.25, 0.3) is 0 Å². The number of ether oxygens (including phenoxy) is 2. The molecule has 1 atom stereocenters. The number of benzene rings is 2. The average Bonchev–Trinajstić information content (AvgIpc) is 2.52. The molecular formula is C17H13ClN2O2. The van der Waals surface area contributed by atoms with E-state index in [0.717, 1.165) is 11.1 Å². The van der Waals surface area contributed by atoms with E-state index in [9.17, 15) is 5.26 Å². The van der Waals surface area contributed by atoms with Gasteiger partial charge in [-0.15, -0.1) is 0 Å². The van der Waals surface area contributed by atoms with Gasteiger partial charge in [-0.2, -0.15) is 5.26 Å². The molecule has 3 rings (SSSR count). The van der Waals surface area contributed by atoms with Gasteiger partial charge in [-0.3, -0.25) is 0 Å². The van der Waals surface area contributed by atoms with Crippen molar-refractivity contribution in [3.63, 3.8) is 0 Å². The van der Waals surface area contributed by atoms with E-state index in [-0.39, 0.29) is 11.8 Å². The molecule has 0 saturated heterocycles. The van der Waals surface area contributed by atoms with Crippen LogP contribution in [0, 0.1) is 11.3 Å². The average molecular weight is 313 g/mol. The van der Waals surface area contributed by atoms with Crippen LogP contribution < -0.4 is 15.2 Å². The predicted molar refractivity (Wildman–Crippen MR) is 83.7 cm³/mol. The first-order chi connectivity index (χ1) is 10.6. The highest BCUT2D eigenvalue weighted by Gasteiger charge is 2.30. The summed E-state index contributed by atoms with van der Waals surface area (Å²) in [5.41, 5.74) is 8.04. The lowest BCUT2D eigenvalue weighted by Crippen LogP contribution is -2.21. The van der Waals surface area contributed by atoms with Crippen molar-refractivity contribution in [3.8, 4) is 17.6 Å². The normalized spacial score (nSPS) is 16.5. The Morgan fingerprint density at radius 2 is 2.09 bits per heavy atom. The third-order valence-electron chi connectivity index (χ3n) is 3.61. The molecule has 0 aromatic heterocycles. The molecule has 0 spiro atoms. The van der Waals surface area contributed by atoms with Gasteiger partial charge in [0.25, 0.3) is 0 Å². The molecule has 1 heterocycles. The Kier molecular flexibility index (Phi) is 3.66. The number of hydrogen-bond acceptors (Lipinski definition) is 4. The van der Waals surface area contributed by atoms with Crippen molar-refractivity contribution in [2.45, 2.75) is 5.92 Å². The molecule has 110 valence electrons. The van der Waals surface area contributed by atoms with E-state index in [1.54, 1.807) is 19.2 Å². The number of halogens is 1. The van der Waals surface area contributed by atoms with E-state index in [1.807, 2.05) is 30.3 Å². The molecule has 22 heavy (non-hydrogen) atoms. The van der Waals surface area contributed by atoms with Crippen LogP contribution in [0.2, 0.25) is 5.02 Å². The Balaban J connectivity index is 2.21. The Labute approximate surface area is 133 Å². The topological polar surface area (TPSA) is 68.3 Å². The zero-order chi connectivity index (χ0) is 15.7. The summed E-state index contributed by atoms with van der Waals surface area (Å²) in [6.45, 7) is 0. The minimum Gasteiger partial charge on any atom is -0.497 e. The van der Waals surface area contributed by atoms with Gasteiger partial charge in [0.2, 0.25) is 5.88 Å². The number of methoxy groups -OCH3 is 1. The fourth-order valence-electron chi connectivity index (χ4n) is 2.59. The van der Waals surface area contributed by atoms with Crippen LogP contribution in [-0.2, 0) is 0 Å². The van der Waals surface area contributed by atoms with Crippen LogP contribution in [0.4, 0.5) is 0 Å². The summed E-state index contributed by atoms with van der Waals surface area (Å²) in [5.74, 6) is 1.05. The summed E-state index contributed by atoms with van der Waals surface area (Å²) in [7, 11) is 1.58. The zero-order valence-electron chi connectivity index (χ0n) is 11.8. The van der Waals surface area contributed by atoms with E-state index in [2.05, 4.69) is 6.07 Å². The molecule has 2 aromatic carbocycles. The highest BCUT2D eigenvalue weighted by Crippen LogP contribution is 2.43. The molecule has 2 aromatic rings. The number of rotatable bonds is 2. The molecule has 1 aliphatic rings. The first kappa shape index (κ1) is 14.3. The molecule has 0 unspecified atom stereocenters. The molecule has 0 fully saturated rings. The molecule has 0 radical (unpaired) electrons. The van der Waals surface area contributed by atoms with E-state index < -0.39 is 0 Å². The first-order valence-electron chi connectivity index (χ1n) is 6.65. The Morgan fingerprint density at radius 1 is 1.27 bits per heavy atom. The van der Waals surface area contributed by atoms with Gasteiger partial charge in [-0.05, 0) is 23.8 Å². The summed E-state index contributed by atoms with van der Waals surface area (Å²) in [6, 6.07) is 15.0. The summed E-state index contributed by atoms with van der Waals surface area (Å²) in [4.78, 5) is 0. The Bertz CT molecular complexity index is 809. The standard InChI is InChI=1S/C17H13ClN2O2/c1-21-12-5-6-13-15(8-12)22-17(20)14(9-19)16(13)10-3-2-4-11(18)7-10/h2-8,16H,20H2,1H3/t16-/m1/s1. The number of fused-ring (bicyclic) bond motifs is 1. The van der Waals surface area contributed by atoms with Crippen LogP contribution in [0.15, 0.2) is 53.9 Å². The van der Waals surface area contributed by atoms with Crippen molar-refractivity contribution < 1.29 is 9.47 Å². The molecule has 1 aliphatic heterocycles. The minimum absolute atomic E-state index is 0.105. The third-order valence-corrected chi connectivity index (χ3v) is 3.84. The molecule has 2 N–H and O–H groups in total. The summed E-state index contributed by atoms with van der Waals surface area (Å²) in [5, 5.41) is 10.1. The van der Waals surface area contributed by atoms with Crippen LogP contribution in [0.1, 0.15) is 17.0 Å². The van der Waals surface area contributed by atoms with Crippen molar-refractivity contribution in [1.82, 2.24) is 0 Å². The predicted octanol–water partition coefficient (Wildman–Crippen LogP) is 3.57. The van der Waals surface area contributed by atoms with E-state index >= 15 is 0 Å². The van der Waals surface area contributed by atoms with Crippen LogP contribution >= 0.6 is 11.6 Å². The van der Waals surface area contributed by atoms with Gasteiger partial charge in [0.05, 0.1) is 13.0 Å². The smallest absolute Gasteiger partial charge is 0.205 e. The van der Waals surface area contributed by atoms with E-state index in [4.69, 9.17) is 26.8 Å². The first-order valence-corrected chi connectivity index (χ1v) is 7.03. The van der Waals surface area contributed by atoms with Crippen molar-refractivity contribution in [2.24, 2.45) is 5.73 Å². The highest BCUT2D eigenvalue weighted by molar-refractivity contribution is 6.30. The minimum atomic E-state index is -0.307. The number of nitrogens with zero attached hydrogens (tertiary/aromatic N) is 1. The molecule has 0 saturated carbocycles. The molecule has 0 aliphatic carbocycles. The van der Waals surface area contributed by atoms with Gasteiger partial charge >= 0.3 is 0 Å². The van der Waals surface area contributed by atoms with Crippen molar-refractivity contribution >= 4 is 11.6 Å². The second-order valence-electron chi connectivity index (χ2n) is 4.88. The Hall–Kier alpha value is -2.64. The maximum absolute atomic E-state index is 9.46. The van der Waals surface area contributed by atoms with Crippen molar-refractivity contribution in [2.75, 3.05) is 7.11 Å².